The Balaban J connectivity index is 2.10. The summed E-state index contributed by atoms with van der Waals surface area (Å²) in [6.45, 7) is 6.08. The van der Waals surface area contributed by atoms with Crippen molar-refractivity contribution in [1.29, 1.82) is 0 Å². The Bertz CT molecular complexity index is 772. The van der Waals surface area contributed by atoms with E-state index in [1.165, 1.54) is 4.31 Å². The van der Waals surface area contributed by atoms with Crippen molar-refractivity contribution in [3.8, 4) is 0 Å². The molecule has 1 aromatic carbocycles. The molecule has 0 aliphatic carbocycles. The molecule has 1 fully saturated rings. The number of nitrogens with one attached hydrogen (secondary N) is 1. The van der Waals surface area contributed by atoms with Gasteiger partial charge in [0.2, 0.25) is 20.0 Å². The molecule has 0 radical (unpaired) electrons. The topological polar surface area (TPSA) is 83.6 Å². The third-order valence-electron chi connectivity index (χ3n) is 3.90. The van der Waals surface area contributed by atoms with Crippen LogP contribution in [0.4, 0.5) is 0 Å². The van der Waals surface area contributed by atoms with Crippen LogP contribution in [0.15, 0.2) is 41.1 Å². The van der Waals surface area contributed by atoms with Crippen LogP contribution in [-0.2, 0) is 20.0 Å². The molecule has 1 N–H and O–H groups in total. The molecule has 1 aliphatic rings. The van der Waals surface area contributed by atoms with Gasteiger partial charge in [0.1, 0.15) is 0 Å². The van der Waals surface area contributed by atoms with Gasteiger partial charge in [-0.05, 0) is 43.4 Å². The first kappa shape index (κ1) is 18.1. The van der Waals surface area contributed by atoms with E-state index in [-0.39, 0.29) is 17.4 Å². The molecule has 23 heavy (non-hydrogen) atoms. The minimum Gasteiger partial charge on any atom is -0.211 e. The van der Waals surface area contributed by atoms with E-state index >= 15 is 0 Å². The minimum absolute atomic E-state index is 0.0435. The van der Waals surface area contributed by atoms with E-state index in [1.807, 2.05) is 13.0 Å². The summed E-state index contributed by atoms with van der Waals surface area (Å²) in [6.07, 6.45) is 1.50. The maximum atomic E-state index is 12.7. The summed E-state index contributed by atoms with van der Waals surface area (Å²) < 4.78 is 52.1. The van der Waals surface area contributed by atoms with Crippen molar-refractivity contribution in [2.45, 2.75) is 24.7 Å². The van der Waals surface area contributed by atoms with Gasteiger partial charge in [0.15, 0.2) is 0 Å². The Morgan fingerprint density at radius 2 is 2.09 bits per heavy atom. The minimum atomic E-state index is -3.54. The third-order valence-corrected chi connectivity index (χ3v) is 6.77. The van der Waals surface area contributed by atoms with E-state index in [9.17, 15) is 16.8 Å². The Hall–Kier alpha value is -1.22. The molecular weight excluding hydrogens is 336 g/mol. The second-order valence-electron chi connectivity index (χ2n) is 5.75. The zero-order valence-electron chi connectivity index (χ0n) is 13.1. The first-order chi connectivity index (χ1) is 10.7. The third kappa shape index (κ3) is 4.63. The van der Waals surface area contributed by atoms with Crippen molar-refractivity contribution >= 4 is 20.0 Å². The highest BCUT2D eigenvalue weighted by molar-refractivity contribution is 7.92. The van der Waals surface area contributed by atoms with Crippen molar-refractivity contribution < 1.29 is 16.8 Å². The monoisotopic (exact) mass is 358 g/mol. The van der Waals surface area contributed by atoms with Crippen molar-refractivity contribution in [3.05, 3.63) is 41.8 Å². The summed E-state index contributed by atoms with van der Waals surface area (Å²) in [5.74, 6) is -0.0435. The number of piperidine rings is 1. The zero-order chi connectivity index (χ0) is 17.1. The fraction of sp³-hybridized carbons (Fsp3) is 0.467. The lowest BCUT2D eigenvalue weighted by Crippen LogP contribution is -2.43. The van der Waals surface area contributed by atoms with Crippen LogP contribution in [0.25, 0.3) is 0 Å². The molecule has 0 spiro atoms. The molecule has 1 aliphatic heterocycles. The molecule has 0 unspecified atom stereocenters. The number of rotatable bonds is 6. The Morgan fingerprint density at radius 3 is 2.74 bits per heavy atom. The molecule has 0 aromatic heterocycles. The summed E-state index contributed by atoms with van der Waals surface area (Å²) in [5, 5.41) is 0.858. The maximum absolute atomic E-state index is 12.7. The molecule has 128 valence electrons. The van der Waals surface area contributed by atoms with Crippen molar-refractivity contribution in [2.24, 2.45) is 5.92 Å². The van der Waals surface area contributed by atoms with E-state index < -0.39 is 20.0 Å². The smallest absolute Gasteiger partial charge is 0.211 e. The molecular formula is C15H22N2O4S2. The van der Waals surface area contributed by atoms with Gasteiger partial charge >= 0.3 is 0 Å². The molecule has 0 bridgehead atoms. The molecule has 6 nitrogen and oxygen atoms in total. The van der Waals surface area contributed by atoms with Gasteiger partial charge in [-0.15, -0.1) is 0 Å². The Morgan fingerprint density at radius 1 is 1.35 bits per heavy atom. The number of nitrogens with zero attached hydrogens (tertiary/aromatic N) is 1. The average Bonchev–Trinajstić information content (AvgIpc) is 2.53. The zero-order valence-corrected chi connectivity index (χ0v) is 14.7. The highest BCUT2D eigenvalue weighted by atomic mass is 32.2. The van der Waals surface area contributed by atoms with Crippen LogP contribution >= 0.6 is 0 Å². The van der Waals surface area contributed by atoms with E-state index in [4.69, 9.17) is 0 Å². The highest BCUT2D eigenvalue weighted by Gasteiger charge is 2.30. The van der Waals surface area contributed by atoms with E-state index in [2.05, 4.69) is 11.3 Å². The van der Waals surface area contributed by atoms with Crippen molar-refractivity contribution in [1.82, 2.24) is 9.03 Å². The normalized spacial score (nSPS) is 20.3. The average molecular weight is 358 g/mol. The lowest BCUT2D eigenvalue weighted by molar-refractivity contribution is 0.267. The van der Waals surface area contributed by atoms with Gasteiger partial charge in [-0.2, -0.15) is 4.31 Å². The quantitative estimate of drug-likeness (QED) is 0.834. The molecule has 8 heteroatoms. The van der Waals surface area contributed by atoms with Crippen LogP contribution in [0.2, 0.25) is 0 Å². The molecule has 2 rings (SSSR count). The summed E-state index contributed by atoms with van der Waals surface area (Å²) in [5.41, 5.74) is 0.887. The first-order valence-electron chi connectivity index (χ1n) is 7.43. The molecule has 1 heterocycles. The van der Waals surface area contributed by atoms with Crippen LogP contribution in [-0.4, -0.2) is 40.8 Å². The second-order valence-corrected chi connectivity index (χ2v) is 9.40. The molecule has 0 amide bonds. The summed E-state index contributed by atoms with van der Waals surface area (Å²) in [7, 11) is -7.02. The predicted octanol–water partition coefficient (Wildman–Crippen LogP) is 1.46. The fourth-order valence-electron chi connectivity index (χ4n) is 2.63. The van der Waals surface area contributed by atoms with Gasteiger partial charge in [-0.1, -0.05) is 18.7 Å². The van der Waals surface area contributed by atoms with Gasteiger partial charge in [-0.3, -0.25) is 0 Å². The largest absolute Gasteiger partial charge is 0.243 e. The first-order valence-corrected chi connectivity index (χ1v) is 10.4. The van der Waals surface area contributed by atoms with Gasteiger partial charge in [0, 0.05) is 25.0 Å². The summed E-state index contributed by atoms with van der Waals surface area (Å²) in [6, 6.07) is 6.82. The SMILES string of the molecule is C=CS(=O)(=O)NC[C@H]1CCCN(S(=O)(=O)c2cccc(C)c2)C1. The highest BCUT2D eigenvalue weighted by Crippen LogP contribution is 2.24. The second kappa shape index (κ2) is 7.12. The van der Waals surface area contributed by atoms with Gasteiger partial charge in [0.05, 0.1) is 4.90 Å². The summed E-state index contributed by atoms with van der Waals surface area (Å²) >= 11 is 0. The molecule has 1 atom stereocenters. The number of benzene rings is 1. The Labute approximate surface area is 138 Å². The standard InChI is InChI=1S/C15H22N2O4S2/c1-3-22(18,19)16-11-14-7-5-9-17(12-14)23(20,21)15-8-4-6-13(2)10-15/h3-4,6,8,10,14,16H,1,5,7,9,11-12H2,2H3/t14-/m1/s1. The van der Waals surface area contributed by atoms with E-state index in [1.54, 1.807) is 18.2 Å². The van der Waals surface area contributed by atoms with E-state index in [0.29, 0.717) is 19.5 Å². The lowest BCUT2D eigenvalue weighted by atomic mass is 10.0. The van der Waals surface area contributed by atoms with Gasteiger partial charge in [0.25, 0.3) is 0 Å². The van der Waals surface area contributed by atoms with Crippen molar-refractivity contribution in [2.75, 3.05) is 19.6 Å². The van der Waals surface area contributed by atoms with Gasteiger partial charge < -0.3 is 0 Å². The molecule has 1 saturated heterocycles. The molecule has 1 aromatic rings. The predicted molar refractivity (Wildman–Crippen MR) is 89.8 cm³/mol. The number of hydrogen-bond donors (Lipinski definition) is 1. The maximum Gasteiger partial charge on any atom is 0.243 e. The van der Waals surface area contributed by atoms with Crippen molar-refractivity contribution in [3.63, 3.8) is 0 Å². The number of sulfonamides is 2. The summed E-state index contributed by atoms with van der Waals surface area (Å²) in [4.78, 5) is 0.282. The lowest BCUT2D eigenvalue weighted by Gasteiger charge is -2.32. The van der Waals surface area contributed by atoms with E-state index in [0.717, 1.165) is 17.4 Å². The Kier molecular flexibility index (Phi) is 5.61. The number of hydrogen-bond acceptors (Lipinski definition) is 4. The van der Waals surface area contributed by atoms with Crippen LogP contribution in [0, 0.1) is 12.8 Å². The van der Waals surface area contributed by atoms with Crippen LogP contribution in [0.5, 0.6) is 0 Å². The van der Waals surface area contributed by atoms with Gasteiger partial charge in [-0.25, -0.2) is 21.6 Å². The van der Waals surface area contributed by atoms with Crippen LogP contribution < -0.4 is 4.72 Å². The van der Waals surface area contributed by atoms with Crippen LogP contribution in [0.3, 0.4) is 0 Å². The van der Waals surface area contributed by atoms with Crippen LogP contribution in [0.1, 0.15) is 18.4 Å². The molecule has 0 saturated carbocycles. The number of aryl methyl sites for hydroxylation is 1. The fourth-order valence-corrected chi connectivity index (χ4v) is 4.88.